The lowest BCUT2D eigenvalue weighted by Gasteiger charge is -2.25. The molecule has 0 unspecified atom stereocenters. The number of aromatic nitrogens is 1. The summed E-state index contributed by atoms with van der Waals surface area (Å²) in [7, 11) is 0. The first kappa shape index (κ1) is 8.20. The summed E-state index contributed by atoms with van der Waals surface area (Å²) in [5.74, 6) is 0.310. The van der Waals surface area contributed by atoms with E-state index in [9.17, 15) is 5.11 Å². The van der Waals surface area contributed by atoms with E-state index in [-0.39, 0.29) is 6.10 Å². The molecule has 1 aliphatic rings. The highest BCUT2D eigenvalue weighted by Crippen LogP contribution is 2.32. The Labute approximate surface area is 76.3 Å². The van der Waals surface area contributed by atoms with Gasteiger partial charge in [-0.15, -0.1) is 11.3 Å². The van der Waals surface area contributed by atoms with Crippen LogP contribution in [-0.2, 0) is 0 Å². The Kier molecular flexibility index (Phi) is 2.42. The third kappa shape index (κ3) is 1.52. The molecule has 0 aromatic carbocycles. The van der Waals surface area contributed by atoms with Crippen molar-refractivity contribution in [2.75, 3.05) is 0 Å². The number of aliphatic hydroxyl groups excluding tert-OH is 1. The Morgan fingerprint density at radius 2 is 2.25 bits per heavy atom. The second-order valence-electron chi connectivity index (χ2n) is 3.37. The molecule has 0 radical (unpaired) electrons. The van der Waals surface area contributed by atoms with Crippen LogP contribution in [0.2, 0.25) is 0 Å². The van der Waals surface area contributed by atoms with Gasteiger partial charge in [0.05, 0.1) is 17.3 Å². The maximum Gasteiger partial charge on any atom is 0.0794 e. The lowest BCUT2D eigenvalue weighted by molar-refractivity contribution is 0.105. The van der Waals surface area contributed by atoms with Crippen molar-refractivity contribution in [2.45, 2.75) is 37.7 Å². The summed E-state index contributed by atoms with van der Waals surface area (Å²) < 4.78 is 0. The molecule has 2 atom stereocenters. The zero-order chi connectivity index (χ0) is 8.39. The lowest BCUT2D eigenvalue weighted by atomic mass is 9.85. The minimum absolute atomic E-state index is 0.152. The third-order valence-corrected chi connectivity index (χ3v) is 3.17. The van der Waals surface area contributed by atoms with Crippen molar-refractivity contribution < 1.29 is 5.11 Å². The fourth-order valence-electron chi connectivity index (χ4n) is 1.86. The first-order chi connectivity index (χ1) is 5.88. The highest BCUT2D eigenvalue weighted by Gasteiger charge is 2.25. The maximum atomic E-state index is 9.71. The predicted octanol–water partition coefficient (Wildman–Crippen LogP) is 2.16. The molecule has 1 aromatic heterocycles. The van der Waals surface area contributed by atoms with Gasteiger partial charge >= 0.3 is 0 Å². The molecular weight excluding hydrogens is 170 g/mol. The first-order valence-corrected chi connectivity index (χ1v) is 5.38. The molecule has 1 heterocycles. The van der Waals surface area contributed by atoms with Crippen LogP contribution in [0.15, 0.2) is 10.9 Å². The molecule has 0 aliphatic heterocycles. The molecule has 0 bridgehead atoms. The van der Waals surface area contributed by atoms with Gasteiger partial charge in [0, 0.05) is 11.3 Å². The van der Waals surface area contributed by atoms with E-state index in [0.717, 1.165) is 18.5 Å². The van der Waals surface area contributed by atoms with Crippen LogP contribution in [0.3, 0.4) is 0 Å². The normalized spacial score (nSPS) is 30.4. The van der Waals surface area contributed by atoms with E-state index in [1.54, 1.807) is 11.3 Å². The molecule has 0 amide bonds. The molecule has 0 spiro atoms. The lowest BCUT2D eigenvalue weighted by Crippen LogP contribution is -2.22. The van der Waals surface area contributed by atoms with Gasteiger partial charge in [0.2, 0.25) is 0 Å². The van der Waals surface area contributed by atoms with Gasteiger partial charge in [-0.25, -0.2) is 4.98 Å². The fraction of sp³-hybridized carbons (Fsp3) is 0.667. The standard InChI is InChI=1S/C9H13NOS/c11-9-4-2-1-3-7(9)8-5-12-6-10-8/h5-7,9,11H,1-4H2/t7-,9+/m0/s1. The van der Waals surface area contributed by atoms with Crippen molar-refractivity contribution in [1.29, 1.82) is 0 Å². The van der Waals surface area contributed by atoms with Crippen molar-refractivity contribution >= 4 is 11.3 Å². The van der Waals surface area contributed by atoms with Crippen molar-refractivity contribution in [2.24, 2.45) is 0 Å². The zero-order valence-corrected chi connectivity index (χ0v) is 7.76. The van der Waals surface area contributed by atoms with Gasteiger partial charge in [0.1, 0.15) is 0 Å². The highest BCUT2D eigenvalue weighted by atomic mass is 32.1. The van der Waals surface area contributed by atoms with Gasteiger partial charge in [0.15, 0.2) is 0 Å². The van der Waals surface area contributed by atoms with Gasteiger partial charge in [-0.3, -0.25) is 0 Å². The van der Waals surface area contributed by atoms with Crippen LogP contribution in [-0.4, -0.2) is 16.2 Å². The quantitative estimate of drug-likeness (QED) is 0.723. The molecule has 1 fully saturated rings. The molecule has 1 N–H and O–H groups in total. The Balaban J connectivity index is 2.11. The van der Waals surface area contributed by atoms with E-state index >= 15 is 0 Å². The zero-order valence-electron chi connectivity index (χ0n) is 6.94. The number of rotatable bonds is 1. The molecule has 2 nitrogen and oxygen atoms in total. The van der Waals surface area contributed by atoms with Crippen LogP contribution in [0.25, 0.3) is 0 Å². The van der Waals surface area contributed by atoms with E-state index in [0.29, 0.717) is 5.92 Å². The fourth-order valence-corrected chi connectivity index (χ4v) is 2.48. The van der Waals surface area contributed by atoms with Gasteiger partial charge in [0.25, 0.3) is 0 Å². The SMILES string of the molecule is O[C@@H]1CCCC[C@H]1c1cscn1. The van der Waals surface area contributed by atoms with Crippen LogP contribution in [0.1, 0.15) is 37.3 Å². The van der Waals surface area contributed by atoms with Gasteiger partial charge < -0.3 is 5.11 Å². The van der Waals surface area contributed by atoms with Crippen LogP contribution in [0.4, 0.5) is 0 Å². The molecule has 12 heavy (non-hydrogen) atoms. The number of thiazole rings is 1. The molecule has 0 saturated heterocycles. The number of hydrogen-bond acceptors (Lipinski definition) is 3. The van der Waals surface area contributed by atoms with Crippen LogP contribution >= 0.6 is 11.3 Å². The minimum atomic E-state index is -0.152. The number of nitrogens with zero attached hydrogens (tertiary/aromatic N) is 1. The summed E-state index contributed by atoms with van der Waals surface area (Å²) in [6.07, 6.45) is 4.30. The summed E-state index contributed by atoms with van der Waals surface area (Å²) in [6, 6.07) is 0. The van der Waals surface area contributed by atoms with Gasteiger partial charge in [-0.2, -0.15) is 0 Å². The van der Waals surface area contributed by atoms with Crippen LogP contribution in [0, 0.1) is 0 Å². The van der Waals surface area contributed by atoms with Gasteiger partial charge in [-0.05, 0) is 12.8 Å². The highest BCUT2D eigenvalue weighted by molar-refractivity contribution is 7.07. The Bertz CT molecular complexity index is 235. The average Bonchev–Trinajstić information content (AvgIpc) is 2.57. The molecule has 3 heteroatoms. The summed E-state index contributed by atoms with van der Waals surface area (Å²) in [6.45, 7) is 0. The number of hydrogen-bond donors (Lipinski definition) is 1. The van der Waals surface area contributed by atoms with Gasteiger partial charge in [-0.1, -0.05) is 12.8 Å². The Hall–Kier alpha value is -0.410. The monoisotopic (exact) mass is 183 g/mol. The van der Waals surface area contributed by atoms with E-state index in [1.165, 1.54) is 12.8 Å². The largest absolute Gasteiger partial charge is 0.392 e. The molecule has 1 saturated carbocycles. The smallest absolute Gasteiger partial charge is 0.0794 e. The summed E-state index contributed by atoms with van der Waals surface area (Å²) >= 11 is 1.61. The van der Waals surface area contributed by atoms with E-state index in [4.69, 9.17) is 0 Å². The van der Waals surface area contributed by atoms with E-state index < -0.39 is 0 Å². The molecule has 2 rings (SSSR count). The van der Waals surface area contributed by atoms with E-state index in [2.05, 4.69) is 10.4 Å². The predicted molar refractivity (Wildman–Crippen MR) is 49.3 cm³/mol. The molecule has 66 valence electrons. The number of aliphatic hydroxyl groups is 1. The van der Waals surface area contributed by atoms with Crippen LogP contribution in [0.5, 0.6) is 0 Å². The van der Waals surface area contributed by atoms with E-state index in [1.807, 2.05) is 5.51 Å². The Morgan fingerprint density at radius 3 is 2.92 bits per heavy atom. The molecule has 1 aliphatic carbocycles. The average molecular weight is 183 g/mol. The first-order valence-electron chi connectivity index (χ1n) is 4.44. The third-order valence-electron chi connectivity index (χ3n) is 2.56. The maximum absolute atomic E-state index is 9.71. The van der Waals surface area contributed by atoms with Crippen molar-refractivity contribution in [3.05, 3.63) is 16.6 Å². The topological polar surface area (TPSA) is 33.1 Å². The second-order valence-corrected chi connectivity index (χ2v) is 4.09. The summed E-state index contributed by atoms with van der Waals surface area (Å²) in [5, 5.41) is 11.8. The minimum Gasteiger partial charge on any atom is -0.392 e. The van der Waals surface area contributed by atoms with Crippen molar-refractivity contribution in [1.82, 2.24) is 4.98 Å². The van der Waals surface area contributed by atoms with Crippen molar-refractivity contribution in [3.8, 4) is 0 Å². The second kappa shape index (κ2) is 3.54. The molecule has 1 aromatic rings. The molecular formula is C9H13NOS. The van der Waals surface area contributed by atoms with Crippen molar-refractivity contribution in [3.63, 3.8) is 0 Å². The van der Waals surface area contributed by atoms with Crippen LogP contribution < -0.4 is 0 Å². The Morgan fingerprint density at radius 1 is 1.42 bits per heavy atom. The summed E-state index contributed by atoms with van der Waals surface area (Å²) in [5.41, 5.74) is 2.93. The summed E-state index contributed by atoms with van der Waals surface area (Å²) in [4.78, 5) is 4.25.